The van der Waals surface area contributed by atoms with Gasteiger partial charge in [-0.15, -0.1) is 0 Å². The molecule has 0 spiro atoms. The van der Waals surface area contributed by atoms with E-state index in [0.29, 0.717) is 19.5 Å². The number of urea groups is 1. The summed E-state index contributed by atoms with van der Waals surface area (Å²) >= 11 is 0. The van der Waals surface area contributed by atoms with Crippen molar-refractivity contribution in [1.82, 2.24) is 10.2 Å². The molecule has 1 rings (SSSR count). The summed E-state index contributed by atoms with van der Waals surface area (Å²) in [5.41, 5.74) is 4.90. The molecule has 2 atom stereocenters. The Kier molecular flexibility index (Phi) is 4.90. The van der Waals surface area contributed by atoms with Gasteiger partial charge >= 0.3 is 12.0 Å². The highest BCUT2D eigenvalue weighted by Crippen LogP contribution is 2.15. The lowest BCUT2D eigenvalue weighted by Gasteiger charge is -2.20. The van der Waals surface area contributed by atoms with Crippen LogP contribution in [-0.2, 0) is 9.59 Å². The van der Waals surface area contributed by atoms with Crippen LogP contribution in [0.3, 0.4) is 0 Å². The van der Waals surface area contributed by atoms with Crippen molar-refractivity contribution >= 4 is 17.9 Å². The van der Waals surface area contributed by atoms with Crippen LogP contribution >= 0.6 is 0 Å². The number of nitrogens with two attached hydrogens (primary N) is 1. The molecule has 0 aromatic rings. The predicted octanol–water partition coefficient (Wildman–Crippen LogP) is -1.66. The lowest BCUT2D eigenvalue weighted by atomic mass is 10.1. The van der Waals surface area contributed by atoms with Crippen molar-refractivity contribution in [3.63, 3.8) is 0 Å². The molecule has 18 heavy (non-hydrogen) atoms. The number of nitrogens with one attached hydrogen (secondary N) is 1. The van der Waals surface area contributed by atoms with Gasteiger partial charge in [-0.1, -0.05) is 0 Å². The molecular weight excluding hydrogens is 242 g/mol. The second kappa shape index (κ2) is 6.20. The molecule has 0 bridgehead atoms. The third-order valence-electron chi connectivity index (χ3n) is 2.83. The molecule has 1 saturated heterocycles. The maximum atomic E-state index is 11.7. The number of primary amides is 1. The molecule has 1 aliphatic heterocycles. The first-order chi connectivity index (χ1) is 8.43. The number of carbonyl (C=O) groups is 3. The Balaban J connectivity index is 2.51. The van der Waals surface area contributed by atoms with Gasteiger partial charge in [0.1, 0.15) is 6.04 Å². The van der Waals surface area contributed by atoms with E-state index in [2.05, 4.69) is 5.32 Å². The molecule has 5 N–H and O–H groups in total. The van der Waals surface area contributed by atoms with Crippen molar-refractivity contribution in [2.75, 3.05) is 19.7 Å². The van der Waals surface area contributed by atoms with Gasteiger partial charge in [0.05, 0.1) is 6.42 Å². The van der Waals surface area contributed by atoms with E-state index < -0.39 is 30.4 Å². The van der Waals surface area contributed by atoms with E-state index in [1.165, 1.54) is 4.90 Å². The highest BCUT2D eigenvalue weighted by Gasteiger charge is 2.29. The number of carbonyl (C=O) groups excluding carboxylic acids is 2. The number of hydrogen-bond acceptors (Lipinski definition) is 4. The van der Waals surface area contributed by atoms with Gasteiger partial charge in [0, 0.05) is 25.6 Å². The zero-order chi connectivity index (χ0) is 13.7. The maximum Gasteiger partial charge on any atom is 0.326 e. The third-order valence-corrected chi connectivity index (χ3v) is 2.83. The highest BCUT2D eigenvalue weighted by atomic mass is 16.4. The SMILES string of the molecule is NC(=O)CC(NC(=O)N1CCC(CO)C1)C(=O)O. The fourth-order valence-corrected chi connectivity index (χ4v) is 1.81. The first-order valence-electron chi connectivity index (χ1n) is 5.61. The molecule has 0 aromatic carbocycles. The Morgan fingerprint density at radius 1 is 1.44 bits per heavy atom. The van der Waals surface area contributed by atoms with E-state index in [-0.39, 0.29) is 12.5 Å². The minimum absolute atomic E-state index is 0.00652. The van der Waals surface area contributed by atoms with Gasteiger partial charge in [0.15, 0.2) is 0 Å². The molecule has 1 fully saturated rings. The Morgan fingerprint density at radius 2 is 2.11 bits per heavy atom. The van der Waals surface area contributed by atoms with E-state index in [1.807, 2.05) is 0 Å². The molecule has 1 heterocycles. The van der Waals surface area contributed by atoms with Crippen LogP contribution in [0.15, 0.2) is 0 Å². The summed E-state index contributed by atoms with van der Waals surface area (Å²) in [5, 5.41) is 20.0. The van der Waals surface area contributed by atoms with E-state index in [9.17, 15) is 14.4 Å². The minimum atomic E-state index is -1.32. The molecule has 8 heteroatoms. The summed E-state index contributed by atoms with van der Waals surface area (Å²) < 4.78 is 0. The molecule has 102 valence electrons. The first kappa shape index (κ1) is 14.2. The number of amides is 3. The molecule has 1 aliphatic rings. The normalized spacial score (nSPS) is 20.5. The number of aliphatic hydroxyl groups is 1. The van der Waals surface area contributed by atoms with Crippen molar-refractivity contribution < 1.29 is 24.6 Å². The monoisotopic (exact) mass is 259 g/mol. The fraction of sp³-hybridized carbons (Fsp3) is 0.700. The van der Waals surface area contributed by atoms with Gasteiger partial charge in [-0.25, -0.2) is 9.59 Å². The fourth-order valence-electron chi connectivity index (χ4n) is 1.81. The maximum absolute atomic E-state index is 11.7. The van der Waals surface area contributed by atoms with Crippen LogP contribution in [0.2, 0.25) is 0 Å². The van der Waals surface area contributed by atoms with Gasteiger partial charge < -0.3 is 26.2 Å². The summed E-state index contributed by atoms with van der Waals surface area (Å²) in [6, 6.07) is -1.87. The van der Waals surface area contributed by atoms with Crippen LogP contribution in [0, 0.1) is 5.92 Å². The largest absolute Gasteiger partial charge is 0.480 e. The number of carboxylic acid groups (broad SMARTS) is 1. The first-order valence-corrected chi connectivity index (χ1v) is 5.61. The molecule has 8 nitrogen and oxygen atoms in total. The van der Waals surface area contributed by atoms with Crippen molar-refractivity contribution in [1.29, 1.82) is 0 Å². The van der Waals surface area contributed by atoms with Crippen molar-refractivity contribution in [2.45, 2.75) is 18.9 Å². The van der Waals surface area contributed by atoms with E-state index >= 15 is 0 Å². The van der Waals surface area contributed by atoms with E-state index in [4.69, 9.17) is 15.9 Å². The van der Waals surface area contributed by atoms with Crippen LogP contribution in [0.5, 0.6) is 0 Å². The van der Waals surface area contributed by atoms with Crippen LogP contribution in [0.25, 0.3) is 0 Å². The predicted molar refractivity (Wildman–Crippen MR) is 60.5 cm³/mol. The lowest BCUT2D eigenvalue weighted by molar-refractivity contribution is -0.140. The van der Waals surface area contributed by atoms with Crippen LogP contribution in [-0.4, -0.2) is 58.8 Å². The van der Waals surface area contributed by atoms with Gasteiger partial charge in [-0.2, -0.15) is 0 Å². The zero-order valence-electron chi connectivity index (χ0n) is 9.83. The number of hydrogen-bond donors (Lipinski definition) is 4. The van der Waals surface area contributed by atoms with Crippen LogP contribution in [0.4, 0.5) is 4.79 Å². The standard InChI is InChI=1S/C10H17N3O5/c11-8(15)3-7(9(16)17)12-10(18)13-2-1-6(4-13)5-14/h6-7,14H,1-5H2,(H2,11,15)(H,12,18)(H,16,17). The molecule has 0 saturated carbocycles. The zero-order valence-corrected chi connectivity index (χ0v) is 9.83. The third kappa shape index (κ3) is 3.88. The number of aliphatic hydroxyl groups excluding tert-OH is 1. The number of carboxylic acids is 1. The van der Waals surface area contributed by atoms with Gasteiger partial charge in [0.25, 0.3) is 0 Å². The van der Waals surface area contributed by atoms with Crippen molar-refractivity contribution in [2.24, 2.45) is 11.7 Å². The average molecular weight is 259 g/mol. The molecular formula is C10H17N3O5. The summed E-state index contributed by atoms with van der Waals surface area (Å²) in [5.74, 6) is -2.08. The van der Waals surface area contributed by atoms with E-state index in [1.54, 1.807) is 0 Å². The Hall–Kier alpha value is -1.83. The molecule has 2 unspecified atom stereocenters. The van der Waals surface area contributed by atoms with Crippen molar-refractivity contribution in [3.8, 4) is 0 Å². The van der Waals surface area contributed by atoms with E-state index in [0.717, 1.165) is 0 Å². The van der Waals surface area contributed by atoms with Gasteiger partial charge in [-0.05, 0) is 6.42 Å². The quantitative estimate of drug-likeness (QED) is 0.469. The van der Waals surface area contributed by atoms with Crippen LogP contribution in [0.1, 0.15) is 12.8 Å². The summed E-state index contributed by atoms with van der Waals surface area (Å²) in [6.07, 6.45) is 0.232. The number of aliphatic carboxylic acids is 1. The second-order valence-electron chi connectivity index (χ2n) is 4.29. The summed E-state index contributed by atoms with van der Waals surface area (Å²) in [4.78, 5) is 34.6. The van der Waals surface area contributed by atoms with Crippen LogP contribution < -0.4 is 11.1 Å². The topological polar surface area (TPSA) is 133 Å². The second-order valence-corrected chi connectivity index (χ2v) is 4.29. The Morgan fingerprint density at radius 3 is 2.56 bits per heavy atom. The lowest BCUT2D eigenvalue weighted by Crippen LogP contribution is -2.48. The minimum Gasteiger partial charge on any atom is -0.480 e. The summed E-state index contributed by atoms with van der Waals surface area (Å²) in [7, 11) is 0. The average Bonchev–Trinajstić information content (AvgIpc) is 2.75. The molecule has 0 radical (unpaired) electrons. The number of nitrogens with zero attached hydrogens (tertiary/aromatic N) is 1. The molecule has 3 amide bonds. The Labute approximate surface area is 104 Å². The molecule has 0 aliphatic carbocycles. The summed E-state index contributed by atoms with van der Waals surface area (Å²) in [6.45, 7) is 0.832. The Bertz CT molecular complexity index is 346. The number of rotatable bonds is 5. The highest BCUT2D eigenvalue weighted by molar-refractivity contribution is 5.87. The molecule has 0 aromatic heterocycles. The smallest absolute Gasteiger partial charge is 0.326 e. The number of likely N-dealkylation sites (tertiary alicyclic amines) is 1. The van der Waals surface area contributed by atoms with Gasteiger partial charge in [0.2, 0.25) is 5.91 Å². The van der Waals surface area contributed by atoms with Crippen molar-refractivity contribution in [3.05, 3.63) is 0 Å². The van der Waals surface area contributed by atoms with Gasteiger partial charge in [-0.3, -0.25) is 4.79 Å².